The van der Waals surface area contributed by atoms with Crippen molar-refractivity contribution in [2.24, 2.45) is 0 Å². The molecule has 162 valence electrons. The van der Waals surface area contributed by atoms with Gasteiger partial charge in [0, 0.05) is 0 Å². The number of imide groups is 1. The van der Waals surface area contributed by atoms with Gasteiger partial charge in [0.1, 0.15) is 12.1 Å². The van der Waals surface area contributed by atoms with Gasteiger partial charge in [0.25, 0.3) is 5.91 Å². The van der Waals surface area contributed by atoms with Gasteiger partial charge in [0.05, 0.1) is 6.04 Å². The van der Waals surface area contributed by atoms with Crippen molar-refractivity contribution in [3.05, 3.63) is 96.1 Å². The molecular formula is C26H25N3O3. The first-order valence-corrected chi connectivity index (χ1v) is 10.5. The molecule has 1 aliphatic heterocycles. The van der Waals surface area contributed by atoms with E-state index < -0.39 is 23.4 Å². The van der Waals surface area contributed by atoms with Crippen molar-refractivity contribution < 1.29 is 14.4 Å². The number of carbonyl (C=O) groups excluding carboxylic acids is 3. The summed E-state index contributed by atoms with van der Waals surface area (Å²) in [5, 5.41) is 5.59. The molecule has 1 fully saturated rings. The Morgan fingerprint density at radius 2 is 1.47 bits per heavy atom. The van der Waals surface area contributed by atoms with Crippen LogP contribution in [0.4, 0.5) is 4.79 Å². The van der Waals surface area contributed by atoms with Crippen molar-refractivity contribution in [3.63, 3.8) is 0 Å². The van der Waals surface area contributed by atoms with Crippen LogP contribution >= 0.6 is 0 Å². The predicted octanol–water partition coefficient (Wildman–Crippen LogP) is 4.00. The summed E-state index contributed by atoms with van der Waals surface area (Å²) in [5.41, 5.74) is 2.64. The summed E-state index contributed by atoms with van der Waals surface area (Å²) in [5.74, 6) is -0.839. The Morgan fingerprint density at radius 1 is 0.906 bits per heavy atom. The van der Waals surface area contributed by atoms with Crippen molar-refractivity contribution in [2.75, 3.05) is 6.54 Å². The Labute approximate surface area is 187 Å². The standard InChI is InChI=1S/C26H25N3O3/c1-18(19-13-15-21(16-14-19)20-9-5-3-6-10-20)27-23(30)17-29-24(31)26(2,28-25(29)32)22-11-7-4-8-12-22/h3-16,18H,17H2,1-2H3,(H,27,30)(H,28,32)/t18-,26-/m0/s1. The molecule has 0 unspecified atom stereocenters. The summed E-state index contributed by atoms with van der Waals surface area (Å²) in [6.07, 6.45) is 0. The lowest BCUT2D eigenvalue weighted by Gasteiger charge is -2.22. The fourth-order valence-corrected chi connectivity index (χ4v) is 3.92. The van der Waals surface area contributed by atoms with Crippen LogP contribution in [0.1, 0.15) is 31.0 Å². The van der Waals surface area contributed by atoms with Gasteiger partial charge < -0.3 is 10.6 Å². The zero-order valence-electron chi connectivity index (χ0n) is 18.0. The van der Waals surface area contributed by atoms with E-state index in [4.69, 9.17) is 0 Å². The van der Waals surface area contributed by atoms with Crippen LogP contribution in [0.3, 0.4) is 0 Å². The Morgan fingerprint density at radius 3 is 2.09 bits per heavy atom. The van der Waals surface area contributed by atoms with Gasteiger partial charge in [-0.3, -0.25) is 14.5 Å². The van der Waals surface area contributed by atoms with Gasteiger partial charge in [-0.25, -0.2) is 4.79 Å². The first-order chi connectivity index (χ1) is 15.4. The first kappa shape index (κ1) is 21.3. The molecule has 0 aromatic heterocycles. The van der Waals surface area contributed by atoms with Crippen LogP contribution in [-0.2, 0) is 15.1 Å². The Hall–Kier alpha value is -3.93. The molecule has 2 atom stereocenters. The van der Waals surface area contributed by atoms with Crippen LogP contribution in [-0.4, -0.2) is 29.3 Å². The molecule has 0 aliphatic carbocycles. The van der Waals surface area contributed by atoms with E-state index in [2.05, 4.69) is 10.6 Å². The third kappa shape index (κ3) is 4.12. The molecule has 0 spiro atoms. The van der Waals surface area contributed by atoms with Crippen molar-refractivity contribution in [1.82, 2.24) is 15.5 Å². The minimum Gasteiger partial charge on any atom is -0.348 e. The largest absolute Gasteiger partial charge is 0.348 e. The van der Waals surface area contributed by atoms with Crippen LogP contribution in [0.5, 0.6) is 0 Å². The summed E-state index contributed by atoms with van der Waals surface area (Å²) < 4.78 is 0. The number of nitrogens with zero attached hydrogens (tertiary/aromatic N) is 1. The van der Waals surface area contributed by atoms with Gasteiger partial charge in [0.15, 0.2) is 0 Å². The average molecular weight is 428 g/mol. The van der Waals surface area contributed by atoms with Crippen LogP contribution in [0.25, 0.3) is 11.1 Å². The van der Waals surface area contributed by atoms with E-state index in [-0.39, 0.29) is 12.6 Å². The van der Waals surface area contributed by atoms with E-state index in [0.717, 1.165) is 21.6 Å². The number of nitrogens with one attached hydrogen (secondary N) is 2. The highest BCUT2D eigenvalue weighted by Gasteiger charge is 2.49. The first-order valence-electron chi connectivity index (χ1n) is 10.5. The second-order valence-electron chi connectivity index (χ2n) is 8.09. The van der Waals surface area contributed by atoms with Crippen molar-refractivity contribution in [3.8, 4) is 11.1 Å². The summed E-state index contributed by atoms with van der Waals surface area (Å²) >= 11 is 0. The molecule has 3 aromatic rings. The lowest BCUT2D eigenvalue weighted by molar-refractivity contribution is -0.135. The molecule has 2 N–H and O–H groups in total. The van der Waals surface area contributed by atoms with Crippen molar-refractivity contribution in [1.29, 1.82) is 0 Å². The molecule has 1 heterocycles. The van der Waals surface area contributed by atoms with Gasteiger partial charge in [-0.2, -0.15) is 0 Å². The average Bonchev–Trinajstić information content (AvgIpc) is 3.04. The van der Waals surface area contributed by atoms with Gasteiger partial charge in [0.2, 0.25) is 5.91 Å². The second kappa shape index (κ2) is 8.67. The molecule has 3 aromatic carbocycles. The van der Waals surface area contributed by atoms with E-state index >= 15 is 0 Å². The maximum absolute atomic E-state index is 13.0. The fraction of sp³-hybridized carbons (Fsp3) is 0.192. The maximum Gasteiger partial charge on any atom is 0.325 e. The van der Waals surface area contributed by atoms with E-state index in [1.807, 2.05) is 67.6 Å². The predicted molar refractivity (Wildman–Crippen MR) is 122 cm³/mol. The van der Waals surface area contributed by atoms with Gasteiger partial charge in [-0.05, 0) is 36.1 Å². The Balaban J connectivity index is 1.40. The van der Waals surface area contributed by atoms with Crippen molar-refractivity contribution >= 4 is 17.8 Å². The van der Waals surface area contributed by atoms with Crippen molar-refractivity contribution in [2.45, 2.75) is 25.4 Å². The lowest BCUT2D eigenvalue weighted by Crippen LogP contribution is -2.43. The monoisotopic (exact) mass is 427 g/mol. The van der Waals surface area contributed by atoms with Crippen LogP contribution in [0, 0.1) is 0 Å². The van der Waals surface area contributed by atoms with E-state index in [1.165, 1.54) is 0 Å². The fourth-order valence-electron chi connectivity index (χ4n) is 3.92. The SMILES string of the molecule is C[C@H](NC(=O)CN1C(=O)N[C@@](C)(c2ccccc2)C1=O)c1ccc(-c2ccccc2)cc1. The van der Waals surface area contributed by atoms with Gasteiger partial charge >= 0.3 is 6.03 Å². The molecule has 4 amide bonds. The number of rotatable bonds is 6. The highest BCUT2D eigenvalue weighted by atomic mass is 16.2. The summed E-state index contributed by atoms with van der Waals surface area (Å²) in [7, 11) is 0. The summed E-state index contributed by atoms with van der Waals surface area (Å²) in [6.45, 7) is 3.19. The molecule has 4 rings (SSSR count). The highest BCUT2D eigenvalue weighted by molar-refractivity contribution is 6.09. The van der Waals surface area contributed by atoms with E-state index in [1.54, 1.807) is 31.2 Å². The van der Waals surface area contributed by atoms with Gasteiger partial charge in [-0.1, -0.05) is 84.9 Å². The third-order valence-corrected chi connectivity index (χ3v) is 5.82. The normalized spacial score (nSPS) is 18.9. The summed E-state index contributed by atoms with van der Waals surface area (Å²) in [6, 6.07) is 26.2. The minimum absolute atomic E-state index is 0.270. The van der Waals surface area contributed by atoms with E-state index in [0.29, 0.717) is 5.56 Å². The minimum atomic E-state index is -1.18. The van der Waals surface area contributed by atoms with E-state index in [9.17, 15) is 14.4 Å². The zero-order chi connectivity index (χ0) is 22.7. The quantitative estimate of drug-likeness (QED) is 0.584. The Bertz CT molecular complexity index is 1130. The van der Waals surface area contributed by atoms with Gasteiger partial charge in [-0.15, -0.1) is 0 Å². The lowest BCUT2D eigenvalue weighted by atomic mass is 9.92. The summed E-state index contributed by atoms with van der Waals surface area (Å²) in [4.78, 5) is 39.0. The topological polar surface area (TPSA) is 78.5 Å². The smallest absolute Gasteiger partial charge is 0.325 e. The van der Waals surface area contributed by atoms with Crippen LogP contribution < -0.4 is 10.6 Å². The number of benzene rings is 3. The Kier molecular flexibility index (Phi) is 5.77. The molecule has 6 heteroatoms. The number of hydrogen-bond acceptors (Lipinski definition) is 3. The number of carbonyl (C=O) groups is 3. The molecule has 6 nitrogen and oxygen atoms in total. The maximum atomic E-state index is 13.0. The zero-order valence-corrected chi connectivity index (χ0v) is 18.0. The number of amides is 4. The van der Waals surface area contributed by atoms with Crippen LogP contribution in [0.2, 0.25) is 0 Å². The molecule has 1 aliphatic rings. The number of urea groups is 1. The van der Waals surface area contributed by atoms with Crippen LogP contribution in [0.15, 0.2) is 84.9 Å². The molecule has 0 saturated carbocycles. The molecule has 0 radical (unpaired) electrons. The highest BCUT2D eigenvalue weighted by Crippen LogP contribution is 2.28. The third-order valence-electron chi connectivity index (χ3n) is 5.82. The molecule has 0 bridgehead atoms. The molecule has 32 heavy (non-hydrogen) atoms. The molecular weight excluding hydrogens is 402 g/mol. The second-order valence-corrected chi connectivity index (χ2v) is 8.09. The molecule has 1 saturated heterocycles. The number of hydrogen-bond donors (Lipinski definition) is 2.